The first-order chi connectivity index (χ1) is 9.84. The lowest BCUT2D eigenvalue weighted by atomic mass is 9.85. The highest BCUT2D eigenvalue weighted by atomic mass is 32.1. The van der Waals surface area contributed by atoms with Crippen molar-refractivity contribution in [3.05, 3.63) is 22.3 Å². The Kier molecular flexibility index (Phi) is 2.14. The van der Waals surface area contributed by atoms with E-state index >= 15 is 0 Å². The zero-order valence-corrected chi connectivity index (χ0v) is 12.1. The van der Waals surface area contributed by atoms with Crippen LogP contribution < -0.4 is 15.8 Å². The van der Waals surface area contributed by atoms with Crippen molar-refractivity contribution in [1.82, 2.24) is 25.5 Å². The Morgan fingerprint density at radius 3 is 3.30 bits per heavy atom. The minimum Gasteiger partial charge on any atom is -0.278 e. The van der Waals surface area contributed by atoms with Crippen molar-refractivity contribution >= 4 is 17.3 Å². The number of thiophene rings is 1. The molecule has 1 unspecified atom stereocenters. The van der Waals surface area contributed by atoms with Crippen LogP contribution in [0.5, 0.6) is 0 Å². The maximum atomic E-state index is 4.27. The number of fused-ring (bicyclic) bond motifs is 8. The normalized spacial score (nSPS) is 26.9. The predicted molar refractivity (Wildman–Crippen MR) is 76.9 cm³/mol. The van der Waals surface area contributed by atoms with Crippen LogP contribution in [-0.4, -0.2) is 21.4 Å². The fraction of sp³-hybridized carbons (Fsp3) is 0.538. The van der Waals surface area contributed by atoms with Crippen molar-refractivity contribution < 1.29 is 0 Å². The molecular weight excluding hydrogens is 272 g/mol. The van der Waals surface area contributed by atoms with Gasteiger partial charge in [0.1, 0.15) is 17.5 Å². The molecule has 0 spiro atoms. The Labute approximate surface area is 120 Å². The number of aromatic nitrogens is 3. The van der Waals surface area contributed by atoms with Crippen LogP contribution in [0.3, 0.4) is 0 Å². The van der Waals surface area contributed by atoms with Crippen molar-refractivity contribution in [2.75, 3.05) is 11.7 Å². The van der Waals surface area contributed by atoms with Gasteiger partial charge in [0, 0.05) is 10.4 Å². The summed E-state index contributed by atoms with van der Waals surface area (Å²) >= 11 is 1.93. The third-order valence-corrected chi connectivity index (χ3v) is 5.90. The van der Waals surface area contributed by atoms with Gasteiger partial charge in [0.15, 0.2) is 0 Å². The Morgan fingerprint density at radius 1 is 1.40 bits per heavy atom. The molecule has 1 fully saturated rings. The average Bonchev–Trinajstić information content (AvgIpc) is 3.15. The van der Waals surface area contributed by atoms with E-state index in [-0.39, 0.29) is 6.17 Å². The van der Waals surface area contributed by atoms with Crippen LogP contribution in [0.25, 0.3) is 5.00 Å². The monoisotopic (exact) mass is 288 g/mol. The highest BCUT2D eigenvalue weighted by molar-refractivity contribution is 7.15. The molecule has 6 nitrogen and oxygen atoms in total. The number of nitrogens with one attached hydrogen (secondary N) is 2. The van der Waals surface area contributed by atoms with Gasteiger partial charge in [-0.1, -0.05) is 6.92 Å². The summed E-state index contributed by atoms with van der Waals surface area (Å²) in [6.07, 6.45) is 5.85. The Morgan fingerprint density at radius 2 is 2.35 bits per heavy atom. The second kappa shape index (κ2) is 3.81. The molecule has 2 atom stereocenters. The third kappa shape index (κ3) is 1.25. The maximum absolute atomic E-state index is 4.27. The highest BCUT2D eigenvalue weighted by Crippen LogP contribution is 2.49. The summed E-state index contributed by atoms with van der Waals surface area (Å²) in [6.45, 7) is 3.13. The Bertz CT molecular complexity index is 689. The van der Waals surface area contributed by atoms with Gasteiger partial charge in [-0.2, -0.15) is 0 Å². The van der Waals surface area contributed by atoms with Crippen LogP contribution in [0.1, 0.15) is 47.9 Å². The van der Waals surface area contributed by atoms with E-state index in [9.17, 15) is 0 Å². The lowest BCUT2D eigenvalue weighted by molar-refractivity contribution is 0.554. The molecular formula is C13H16N6S. The van der Waals surface area contributed by atoms with Crippen LogP contribution in [0.15, 0.2) is 6.33 Å². The average molecular weight is 288 g/mol. The largest absolute Gasteiger partial charge is 0.278 e. The second-order valence-corrected chi connectivity index (χ2v) is 6.85. The van der Waals surface area contributed by atoms with Gasteiger partial charge in [0.25, 0.3) is 0 Å². The van der Waals surface area contributed by atoms with E-state index in [0.717, 1.165) is 12.6 Å². The summed E-state index contributed by atoms with van der Waals surface area (Å²) in [7, 11) is 0. The van der Waals surface area contributed by atoms with Gasteiger partial charge in [-0.3, -0.25) is 14.9 Å². The zero-order chi connectivity index (χ0) is 13.3. The summed E-state index contributed by atoms with van der Waals surface area (Å²) < 4.78 is 2.13. The Balaban J connectivity index is 1.82. The molecule has 2 aromatic rings. The molecule has 20 heavy (non-hydrogen) atoms. The first kappa shape index (κ1) is 11.2. The molecule has 0 bridgehead atoms. The molecule has 4 heterocycles. The molecule has 104 valence electrons. The molecule has 2 aromatic heterocycles. The van der Waals surface area contributed by atoms with E-state index < -0.39 is 0 Å². The molecule has 0 amide bonds. The number of hydrogen-bond donors (Lipinski definition) is 2. The van der Waals surface area contributed by atoms with Crippen LogP contribution in [-0.2, 0) is 6.42 Å². The maximum Gasteiger partial charge on any atom is 0.248 e. The molecule has 5 rings (SSSR count). The fourth-order valence-corrected chi connectivity index (χ4v) is 5.20. The minimum atomic E-state index is 0.197. The van der Waals surface area contributed by atoms with Gasteiger partial charge in [-0.15, -0.1) is 21.5 Å². The standard InChI is InChI=1S/C13H16N6S/c1-7-3-2-4-8-9(7)10-11-14-5-16-19(11)13-17-15-6-18(13)12(10)20-8/h6-7,11,14,16H,2-5H2,1H3/t7-,11?/m1/s1. The number of rotatable bonds is 0. The van der Waals surface area contributed by atoms with Crippen LogP contribution in [0, 0.1) is 0 Å². The third-order valence-electron chi connectivity index (χ3n) is 4.62. The van der Waals surface area contributed by atoms with Crippen molar-refractivity contribution in [1.29, 1.82) is 0 Å². The van der Waals surface area contributed by atoms with Crippen molar-refractivity contribution in [2.24, 2.45) is 0 Å². The summed E-state index contributed by atoms with van der Waals surface area (Å²) in [5, 5.41) is 15.3. The lowest BCUT2D eigenvalue weighted by Gasteiger charge is -2.31. The van der Waals surface area contributed by atoms with Crippen LogP contribution in [0.2, 0.25) is 0 Å². The summed E-state index contributed by atoms with van der Waals surface area (Å²) in [5.74, 6) is 1.54. The summed E-state index contributed by atoms with van der Waals surface area (Å²) in [6, 6.07) is 0. The molecule has 7 heteroatoms. The van der Waals surface area contributed by atoms with Gasteiger partial charge in [-0.05, 0) is 30.7 Å². The number of aryl methyl sites for hydroxylation is 1. The van der Waals surface area contributed by atoms with E-state index in [2.05, 4.69) is 37.4 Å². The molecule has 0 aromatic carbocycles. The SMILES string of the molecule is C[C@@H]1CCCc2sc3c(c21)C1NCNN1c1nncn1-3. The first-order valence-electron chi connectivity index (χ1n) is 7.16. The van der Waals surface area contributed by atoms with Crippen molar-refractivity contribution in [3.8, 4) is 5.00 Å². The van der Waals surface area contributed by atoms with E-state index in [1.165, 1.54) is 29.8 Å². The first-order valence-corrected chi connectivity index (χ1v) is 7.98. The van der Waals surface area contributed by atoms with Crippen molar-refractivity contribution in [2.45, 2.75) is 38.3 Å². The van der Waals surface area contributed by atoms with Crippen LogP contribution >= 0.6 is 11.3 Å². The number of hydrazine groups is 1. The number of nitrogens with zero attached hydrogens (tertiary/aromatic N) is 4. The van der Waals surface area contributed by atoms with Gasteiger partial charge >= 0.3 is 0 Å². The molecule has 0 radical (unpaired) electrons. The van der Waals surface area contributed by atoms with Gasteiger partial charge in [-0.25, -0.2) is 5.43 Å². The molecule has 0 saturated carbocycles. The second-order valence-electron chi connectivity index (χ2n) is 5.76. The van der Waals surface area contributed by atoms with E-state index in [1.54, 1.807) is 10.4 Å². The highest BCUT2D eigenvalue weighted by Gasteiger charge is 2.41. The summed E-state index contributed by atoms with van der Waals surface area (Å²) in [5.41, 5.74) is 6.37. The quantitative estimate of drug-likeness (QED) is 0.772. The topological polar surface area (TPSA) is 58.0 Å². The van der Waals surface area contributed by atoms with Crippen molar-refractivity contribution in [3.63, 3.8) is 0 Å². The molecule has 2 N–H and O–H groups in total. The number of hydrogen-bond acceptors (Lipinski definition) is 6. The Hall–Kier alpha value is -1.44. The smallest absolute Gasteiger partial charge is 0.248 e. The molecule has 1 aliphatic carbocycles. The zero-order valence-electron chi connectivity index (χ0n) is 11.3. The van der Waals surface area contributed by atoms with E-state index in [4.69, 9.17) is 0 Å². The van der Waals surface area contributed by atoms with E-state index in [1.807, 2.05) is 17.7 Å². The molecule has 1 saturated heterocycles. The van der Waals surface area contributed by atoms with Gasteiger partial charge < -0.3 is 0 Å². The van der Waals surface area contributed by atoms with Gasteiger partial charge in [0.2, 0.25) is 5.95 Å². The van der Waals surface area contributed by atoms with E-state index in [0.29, 0.717) is 5.92 Å². The number of anilines is 1. The van der Waals surface area contributed by atoms with Gasteiger partial charge in [0.05, 0.1) is 6.67 Å². The predicted octanol–water partition coefficient (Wildman–Crippen LogP) is 1.65. The molecule has 2 aliphatic heterocycles. The molecule has 3 aliphatic rings. The lowest BCUT2D eigenvalue weighted by Crippen LogP contribution is -2.39. The van der Waals surface area contributed by atoms with Crippen LogP contribution in [0.4, 0.5) is 5.95 Å². The minimum absolute atomic E-state index is 0.197. The fourth-order valence-electron chi connectivity index (χ4n) is 3.74. The summed E-state index contributed by atoms with van der Waals surface area (Å²) in [4.78, 5) is 1.56.